The molecular formula is C66H64F4N2Si2. The maximum Gasteiger partial charge on any atom is 0.150 e. The molecule has 0 bridgehead atoms. The minimum atomic E-state index is -1.74. The van der Waals surface area contributed by atoms with E-state index in [1.807, 2.05) is 70.5 Å². The molecule has 0 aliphatic rings. The fourth-order valence-electron chi connectivity index (χ4n) is 10.5. The monoisotopic (exact) mass is 1020 g/mol. The highest BCUT2D eigenvalue weighted by molar-refractivity contribution is 6.89. The quantitative estimate of drug-likeness (QED) is 0.0765. The van der Waals surface area contributed by atoms with Gasteiger partial charge in [0.2, 0.25) is 0 Å². The molecule has 0 atom stereocenters. The van der Waals surface area contributed by atoms with E-state index in [4.69, 9.17) is 0 Å². The summed E-state index contributed by atoms with van der Waals surface area (Å²) in [6, 6.07) is 54.1. The van der Waals surface area contributed by atoms with Gasteiger partial charge in [-0.25, -0.2) is 17.6 Å². The van der Waals surface area contributed by atoms with Crippen LogP contribution in [0.1, 0.15) is 52.7 Å². The molecule has 0 amide bonds. The zero-order valence-corrected chi connectivity index (χ0v) is 46.6. The Hall–Kier alpha value is -7.01. The summed E-state index contributed by atoms with van der Waals surface area (Å²) in [6.45, 7) is 26.7. The van der Waals surface area contributed by atoms with Gasteiger partial charge in [0.25, 0.3) is 0 Å². The molecule has 0 aromatic heterocycles. The van der Waals surface area contributed by atoms with E-state index >= 15 is 17.6 Å². The second-order valence-electron chi connectivity index (χ2n) is 24.1. The van der Waals surface area contributed by atoms with Crippen molar-refractivity contribution in [3.8, 4) is 22.3 Å². The van der Waals surface area contributed by atoms with Crippen molar-refractivity contribution in [3.63, 3.8) is 0 Å². The molecule has 10 aromatic carbocycles. The minimum Gasteiger partial charge on any atom is -0.307 e. The topological polar surface area (TPSA) is 6.48 Å². The predicted octanol–water partition coefficient (Wildman–Crippen LogP) is 19.1. The van der Waals surface area contributed by atoms with Gasteiger partial charge in [0.1, 0.15) is 11.6 Å². The first-order chi connectivity index (χ1) is 34.9. The summed E-state index contributed by atoms with van der Waals surface area (Å²) in [6.07, 6.45) is 0. The van der Waals surface area contributed by atoms with Gasteiger partial charge >= 0.3 is 0 Å². The first kappa shape index (κ1) is 50.5. The number of halogens is 4. The van der Waals surface area contributed by atoms with Crippen LogP contribution in [-0.4, -0.2) is 16.1 Å². The van der Waals surface area contributed by atoms with Gasteiger partial charge in [-0.1, -0.05) is 200 Å². The fourth-order valence-corrected chi connectivity index (χ4v) is 12.8. The Labute approximate surface area is 436 Å². The zero-order valence-electron chi connectivity index (χ0n) is 44.6. The van der Waals surface area contributed by atoms with Gasteiger partial charge < -0.3 is 9.80 Å². The Morgan fingerprint density at radius 1 is 0.365 bits per heavy atom. The molecule has 0 spiro atoms. The van der Waals surface area contributed by atoms with Crippen LogP contribution in [0.4, 0.5) is 51.7 Å². The van der Waals surface area contributed by atoms with Crippen LogP contribution in [-0.2, 0) is 10.8 Å². The van der Waals surface area contributed by atoms with Gasteiger partial charge in [-0.3, -0.25) is 0 Å². The van der Waals surface area contributed by atoms with Gasteiger partial charge in [0.05, 0.1) is 38.9 Å². The first-order valence-electron chi connectivity index (χ1n) is 25.6. The Morgan fingerprint density at radius 2 is 0.689 bits per heavy atom. The molecule has 0 unspecified atom stereocenters. The van der Waals surface area contributed by atoms with Gasteiger partial charge in [0, 0.05) is 45.4 Å². The largest absolute Gasteiger partial charge is 0.307 e. The van der Waals surface area contributed by atoms with Crippen LogP contribution < -0.4 is 20.2 Å². The average molecular weight is 1020 g/mol. The lowest BCUT2D eigenvalue weighted by Crippen LogP contribution is -2.37. The lowest BCUT2D eigenvalue weighted by atomic mass is 9.86. The molecule has 74 heavy (non-hydrogen) atoms. The van der Waals surface area contributed by atoms with Crippen molar-refractivity contribution >= 4 is 93.0 Å². The van der Waals surface area contributed by atoms with E-state index in [0.717, 1.165) is 67.0 Å². The normalized spacial score (nSPS) is 12.6. The molecule has 0 N–H and O–H groups in total. The minimum absolute atomic E-state index is 0.122. The van der Waals surface area contributed by atoms with Crippen LogP contribution in [0.5, 0.6) is 0 Å². The third-order valence-corrected chi connectivity index (χ3v) is 18.8. The number of rotatable bonds is 10. The average Bonchev–Trinajstić information content (AvgIpc) is 3.34. The smallest absolute Gasteiger partial charge is 0.150 e. The van der Waals surface area contributed by atoms with E-state index in [9.17, 15) is 0 Å². The van der Waals surface area contributed by atoms with Crippen LogP contribution in [0.25, 0.3) is 54.6 Å². The molecule has 0 saturated carbocycles. The van der Waals surface area contributed by atoms with Crippen molar-refractivity contribution in [1.82, 2.24) is 0 Å². The molecular weight excluding hydrogens is 953 g/mol. The molecule has 0 heterocycles. The zero-order chi connectivity index (χ0) is 52.8. The highest BCUT2D eigenvalue weighted by atomic mass is 28.3. The number of hydrogen-bond acceptors (Lipinski definition) is 2. The van der Waals surface area contributed by atoms with Crippen molar-refractivity contribution in [2.45, 2.75) is 91.7 Å². The summed E-state index contributed by atoms with van der Waals surface area (Å²) in [4.78, 5) is 3.89. The Morgan fingerprint density at radius 3 is 1.00 bits per heavy atom. The van der Waals surface area contributed by atoms with Crippen LogP contribution >= 0.6 is 0 Å². The molecule has 0 saturated heterocycles. The second-order valence-corrected chi connectivity index (χ2v) is 34.2. The van der Waals surface area contributed by atoms with Gasteiger partial charge in [-0.15, -0.1) is 0 Å². The summed E-state index contributed by atoms with van der Waals surface area (Å²) in [5.41, 5.74) is 7.53. The third-order valence-electron chi connectivity index (χ3n) is 14.7. The molecule has 374 valence electrons. The molecule has 10 aromatic rings. The summed E-state index contributed by atoms with van der Waals surface area (Å²) in [5, 5.41) is 8.01. The second kappa shape index (κ2) is 18.4. The van der Waals surface area contributed by atoms with E-state index in [2.05, 4.69) is 166 Å². The predicted molar refractivity (Wildman–Crippen MR) is 314 cm³/mol. The van der Waals surface area contributed by atoms with E-state index in [1.54, 1.807) is 0 Å². The lowest BCUT2D eigenvalue weighted by Gasteiger charge is -2.32. The molecule has 10 rings (SSSR count). The molecule has 0 aliphatic carbocycles. The summed E-state index contributed by atoms with van der Waals surface area (Å²) < 4.78 is 65.9. The van der Waals surface area contributed by atoms with E-state index in [1.165, 1.54) is 22.5 Å². The van der Waals surface area contributed by atoms with Crippen LogP contribution in [0.3, 0.4) is 0 Å². The van der Waals surface area contributed by atoms with Gasteiger partial charge in [-0.05, 0) is 103 Å². The van der Waals surface area contributed by atoms with E-state index in [-0.39, 0.29) is 22.2 Å². The summed E-state index contributed by atoms with van der Waals surface area (Å²) >= 11 is 0. The van der Waals surface area contributed by atoms with Gasteiger partial charge in [0.15, 0.2) is 11.6 Å². The first-order valence-corrected chi connectivity index (χ1v) is 32.6. The molecule has 0 aliphatic heterocycles. The number of benzene rings is 10. The highest BCUT2D eigenvalue weighted by Gasteiger charge is 2.30. The van der Waals surface area contributed by atoms with E-state index < -0.39 is 39.4 Å². The maximum atomic E-state index is 17.3. The number of nitrogens with zero attached hydrogens (tertiary/aromatic N) is 2. The van der Waals surface area contributed by atoms with Crippen molar-refractivity contribution in [2.24, 2.45) is 0 Å². The van der Waals surface area contributed by atoms with Gasteiger partial charge in [-0.2, -0.15) is 0 Å². The van der Waals surface area contributed by atoms with Crippen molar-refractivity contribution < 1.29 is 17.6 Å². The van der Waals surface area contributed by atoms with Crippen molar-refractivity contribution in [2.75, 3.05) is 9.80 Å². The van der Waals surface area contributed by atoms with E-state index in [0.29, 0.717) is 33.6 Å². The maximum absolute atomic E-state index is 17.3. The van der Waals surface area contributed by atoms with Crippen LogP contribution in [0, 0.1) is 23.3 Å². The van der Waals surface area contributed by atoms with Crippen molar-refractivity contribution in [1.29, 1.82) is 0 Å². The summed E-state index contributed by atoms with van der Waals surface area (Å²) in [5.74, 6) is -2.72. The van der Waals surface area contributed by atoms with Crippen LogP contribution in [0.2, 0.25) is 39.3 Å². The highest BCUT2D eigenvalue weighted by Crippen LogP contribution is 2.51. The molecule has 8 heteroatoms. The number of anilines is 6. The Bertz CT molecular complexity index is 3480. The summed E-state index contributed by atoms with van der Waals surface area (Å²) in [7, 11) is -3.48. The van der Waals surface area contributed by atoms with Crippen molar-refractivity contribution in [3.05, 3.63) is 204 Å². The molecule has 2 nitrogen and oxygen atoms in total. The fraction of sp³-hybridized carbons (Fsp3) is 0.212. The molecule has 0 fully saturated rings. The Kier molecular flexibility index (Phi) is 12.6. The standard InChI is InChI=1S/C66H64F4N2Si2/c1-65(2,3)45-21-13-41(14-22-45)55-37-47(67)39-57(69)63(55)71(49-25-29-51(30-26-49)73(7,8)9)59-35-19-43-18-34-54-60(36-20-44-17-33-53(59)61(43)62(44)54)72(50-27-31-52(32-28-50)74(10,11)12)64-56(38-48(68)40-58(64)70)42-15-23-46(24-16-42)66(4,5)6/h13-40H,1-12H3. The number of hydrogen-bond donors (Lipinski definition) is 0. The lowest BCUT2D eigenvalue weighted by molar-refractivity contribution is 0.584. The molecule has 0 radical (unpaired) electrons. The third kappa shape index (κ3) is 9.32. The van der Waals surface area contributed by atoms with Crippen LogP contribution in [0.15, 0.2) is 170 Å². The SMILES string of the molecule is CC(C)(C)c1ccc(-c2cc(F)cc(F)c2N(c2ccc([Si](C)(C)C)cc2)c2ccc3ccc4c(N(c5ccc([Si](C)(C)C)cc5)c5c(F)cc(F)cc5-c5ccc(C(C)(C)C)cc5)ccc5ccc2c3c54)cc1. The Balaban J connectivity index is 1.25.